The van der Waals surface area contributed by atoms with E-state index in [4.69, 9.17) is 5.73 Å². The van der Waals surface area contributed by atoms with Crippen LogP contribution in [0.25, 0.3) is 0 Å². The van der Waals surface area contributed by atoms with Crippen LogP contribution >= 0.6 is 0 Å². The molecule has 1 aliphatic heterocycles. The molecule has 1 fully saturated rings. The molecular formula is C15H23N3O. The molecule has 0 saturated carbocycles. The summed E-state index contributed by atoms with van der Waals surface area (Å²) in [6.45, 7) is 7.93. The average molecular weight is 261 g/mol. The lowest BCUT2D eigenvalue weighted by atomic mass is 10.1. The summed E-state index contributed by atoms with van der Waals surface area (Å²) in [6.07, 6.45) is 1.15. The maximum Gasteiger partial charge on any atom is 0.256 e. The number of nitrogen functional groups attached to an aromatic ring is 1. The van der Waals surface area contributed by atoms with E-state index in [1.807, 2.05) is 17.0 Å². The quantitative estimate of drug-likeness (QED) is 0.844. The van der Waals surface area contributed by atoms with Gasteiger partial charge in [0.05, 0.1) is 5.56 Å². The van der Waals surface area contributed by atoms with Crippen molar-refractivity contribution in [3.63, 3.8) is 0 Å². The summed E-state index contributed by atoms with van der Waals surface area (Å²) < 4.78 is 0. The molecule has 4 heteroatoms. The molecular weight excluding hydrogens is 238 g/mol. The largest absolute Gasteiger partial charge is 0.398 e. The zero-order valence-corrected chi connectivity index (χ0v) is 11.8. The van der Waals surface area contributed by atoms with Crippen LogP contribution in [0.3, 0.4) is 0 Å². The lowest BCUT2D eigenvalue weighted by Crippen LogP contribution is -2.51. The van der Waals surface area contributed by atoms with Gasteiger partial charge in [0.15, 0.2) is 0 Å². The van der Waals surface area contributed by atoms with Gasteiger partial charge >= 0.3 is 0 Å². The number of anilines is 1. The van der Waals surface area contributed by atoms with Crippen molar-refractivity contribution in [2.45, 2.75) is 26.3 Å². The minimum absolute atomic E-state index is 0.0573. The van der Waals surface area contributed by atoms with Gasteiger partial charge in [-0.2, -0.15) is 0 Å². The SMILES string of the molecule is CCC(C)N1CCN(C(=O)c2ccccc2N)CC1. The van der Waals surface area contributed by atoms with E-state index < -0.39 is 0 Å². The van der Waals surface area contributed by atoms with Crippen LogP contribution < -0.4 is 5.73 Å². The second-order valence-corrected chi connectivity index (χ2v) is 5.17. The van der Waals surface area contributed by atoms with E-state index in [0.29, 0.717) is 17.3 Å². The average Bonchev–Trinajstić information content (AvgIpc) is 2.46. The molecule has 1 unspecified atom stereocenters. The molecule has 4 nitrogen and oxygen atoms in total. The van der Waals surface area contributed by atoms with E-state index in [2.05, 4.69) is 18.7 Å². The number of benzene rings is 1. The molecule has 1 aromatic rings. The van der Waals surface area contributed by atoms with Crippen LogP contribution in [0, 0.1) is 0 Å². The number of nitrogens with zero attached hydrogens (tertiary/aromatic N) is 2. The highest BCUT2D eigenvalue weighted by molar-refractivity contribution is 5.99. The summed E-state index contributed by atoms with van der Waals surface area (Å²) in [5.41, 5.74) is 7.06. The van der Waals surface area contributed by atoms with Crippen molar-refractivity contribution < 1.29 is 4.79 Å². The van der Waals surface area contributed by atoms with E-state index in [0.717, 1.165) is 32.6 Å². The van der Waals surface area contributed by atoms with Gasteiger partial charge in [-0.1, -0.05) is 19.1 Å². The minimum atomic E-state index is 0.0573. The highest BCUT2D eigenvalue weighted by Crippen LogP contribution is 2.16. The van der Waals surface area contributed by atoms with Gasteiger partial charge in [-0.05, 0) is 25.5 Å². The zero-order valence-electron chi connectivity index (χ0n) is 11.8. The van der Waals surface area contributed by atoms with E-state index in [-0.39, 0.29) is 5.91 Å². The third kappa shape index (κ3) is 3.07. The molecule has 0 radical (unpaired) electrons. The normalized spacial score (nSPS) is 18.3. The Morgan fingerprint density at radius 1 is 1.26 bits per heavy atom. The molecule has 2 N–H and O–H groups in total. The van der Waals surface area contributed by atoms with Crippen molar-refractivity contribution in [1.82, 2.24) is 9.80 Å². The molecule has 19 heavy (non-hydrogen) atoms. The number of rotatable bonds is 3. The minimum Gasteiger partial charge on any atom is -0.398 e. The molecule has 1 atom stereocenters. The Labute approximate surface area is 115 Å². The van der Waals surface area contributed by atoms with Gasteiger partial charge in [0.2, 0.25) is 0 Å². The second-order valence-electron chi connectivity index (χ2n) is 5.17. The first-order chi connectivity index (χ1) is 9.13. The van der Waals surface area contributed by atoms with Crippen LogP contribution in [-0.2, 0) is 0 Å². The van der Waals surface area contributed by atoms with Crippen molar-refractivity contribution in [1.29, 1.82) is 0 Å². The third-order valence-corrected chi connectivity index (χ3v) is 4.01. The Morgan fingerprint density at radius 2 is 1.89 bits per heavy atom. The first kappa shape index (κ1) is 13.9. The first-order valence-electron chi connectivity index (χ1n) is 7.01. The molecule has 0 spiro atoms. The monoisotopic (exact) mass is 261 g/mol. The zero-order chi connectivity index (χ0) is 13.8. The van der Waals surface area contributed by atoms with Crippen molar-refractivity contribution in [3.05, 3.63) is 29.8 Å². The van der Waals surface area contributed by atoms with E-state index in [1.54, 1.807) is 12.1 Å². The molecule has 1 aliphatic rings. The molecule has 0 aromatic heterocycles. The summed E-state index contributed by atoms with van der Waals surface area (Å²) in [4.78, 5) is 16.7. The van der Waals surface area contributed by atoms with Gasteiger partial charge in [0.25, 0.3) is 5.91 Å². The predicted octanol–water partition coefficient (Wildman–Crippen LogP) is 1.83. The lowest BCUT2D eigenvalue weighted by molar-refractivity contribution is 0.0580. The molecule has 0 bridgehead atoms. The number of hydrogen-bond acceptors (Lipinski definition) is 3. The summed E-state index contributed by atoms with van der Waals surface area (Å²) in [5.74, 6) is 0.0573. The van der Waals surface area contributed by atoms with E-state index in [9.17, 15) is 4.79 Å². The first-order valence-corrected chi connectivity index (χ1v) is 7.01. The van der Waals surface area contributed by atoms with Gasteiger partial charge < -0.3 is 10.6 Å². The number of nitrogens with two attached hydrogens (primary N) is 1. The van der Waals surface area contributed by atoms with Crippen LogP contribution in [0.2, 0.25) is 0 Å². The fourth-order valence-corrected chi connectivity index (χ4v) is 2.49. The number of piperazine rings is 1. The summed E-state index contributed by atoms with van der Waals surface area (Å²) in [6, 6.07) is 7.90. The van der Waals surface area contributed by atoms with Gasteiger partial charge in [-0.25, -0.2) is 0 Å². The molecule has 1 saturated heterocycles. The topological polar surface area (TPSA) is 49.6 Å². The molecule has 0 aliphatic carbocycles. The van der Waals surface area contributed by atoms with Crippen molar-refractivity contribution in [2.24, 2.45) is 0 Å². The molecule has 1 heterocycles. The standard InChI is InChI=1S/C15H23N3O/c1-3-12(2)17-8-10-18(11-9-17)15(19)13-6-4-5-7-14(13)16/h4-7,12H,3,8-11,16H2,1-2H3. The summed E-state index contributed by atoms with van der Waals surface area (Å²) in [7, 11) is 0. The Kier molecular flexibility index (Phi) is 4.43. The molecule has 1 amide bonds. The van der Waals surface area contributed by atoms with Crippen molar-refractivity contribution in [3.8, 4) is 0 Å². The van der Waals surface area contributed by atoms with Crippen LogP contribution in [0.5, 0.6) is 0 Å². The molecule has 2 rings (SSSR count). The Balaban J connectivity index is 1.98. The van der Waals surface area contributed by atoms with Crippen LogP contribution in [0.1, 0.15) is 30.6 Å². The lowest BCUT2D eigenvalue weighted by Gasteiger charge is -2.38. The maximum atomic E-state index is 12.4. The molecule has 1 aromatic carbocycles. The Bertz CT molecular complexity index is 439. The highest BCUT2D eigenvalue weighted by Gasteiger charge is 2.24. The predicted molar refractivity (Wildman–Crippen MR) is 78.1 cm³/mol. The van der Waals surface area contributed by atoms with Gasteiger partial charge in [0, 0.05) is 37.9 Å². The highest BCUT2D eigenvalue weighted by atomic mass is 16.2. The summed E-state index contributed by atoms with van der Waals surface area (Å²) in [5, 5.41) is 0. The van der Waals surface area contributed by atoms with Crippen LogP contribution in [0.15, 0.2) is 24.3 Å². The molecule has 104 valence electrons. The number of para-hydroxylation sites is 1. The smallest absolute Gasteiger partial charge is 0.256 e. The number of carbonyl (C=O) groups is 1. The fourth-order valence-electron chi connectivity index (χ4n) is 2.49. The van der Waals surface area contributed by atoms with Crippen LogP contribution in [0.4, 0.5) is 5.69 Å². The van der Waals surface area contributed by atoms with Crippen molar-refractivity contribution in [2.75, 3.05) is 31.9 Å². The van der Waals surface area contributed by atoms with Gasteiger partial charge in [-0.3, -0.25) is 9.69 Å². The van der Waals surface area contributed by atoms with E-state index >= 15 is 0 Å². The maximum absolute atomic E-state index is 12.4. The Morgan fingerprint density at radius 3 is 2.47 bits per heavy atom. The van der Waals surface area contributed by atoms with Crippen LogP contribution in [-0.4, -0.2) is 47.9 Å². The van der Waals surface area contributed by atoms with Gasteiger partial charge in [0.1, 0.15) is 0 Å². The second kappa shape index (κ2) is 6.06. The van der Waals surface area contributed by atoms with E-state index in [1.165, 1.54) is 0 Å². The fraction of sp³-hybridized carbons (Fsp3) is 0.533. The third-order valence-electron chi connectivity index (χ3n) is 4.01. The number of carbonyl (C=O) groups excluding carboxylic acids is 1. The van der Waals surface area contributed by atoms with Gasteiger partial charge in [-0.15, -0.1) is 0 Å². The summed E-state index contributed by atoms with van der Waals surface area (Å²) >= 11 is 0. The number of hydrogen-bond donors (Lipinski definition) is 1. The Hall–Kier alpha value is -1.55. The van der Waals surface area contributed by atoms with Crippen molar-refractivity contribution >= 4 is 11.6 Å². The number of amides is 1.